The average Bonchev–Trinajstić information content (AvgIpc) is 2.91. The number of nitro groups is 1. The lowest BCUT2D eigenvalue weighted by Crippen LogP contribution is -1.99. The number of hydrogen-bond acceptors (Lipinski definition) is 4. The van der Waals surface area contributed by atoms with Crippen molar-refractivity contribution in [1.82, 2.24) is 9.97 Å². The summed E-state index contributed by atoms with van der Waals surface area (Å²) in [6.07, 6.45) is 4.80. The van der Waals surface area contributed by atoms with Gasteiger partial charge in [0.25, 0.3) is 5.69 Å². The molecule has 0 fully saturated rings. The van der Waals surface area contributed by atoms with Crippen molar-refractivity contribution in [2.24, 2.45) is 4.99 Å². The van der Waals surface area contributed by atoms with Gasteiger partial charge in [0.15, 0.2) is 0 Å². The highest BCUT2D eigenvalue weighted by Gasteiger charge is 2.08. The van der Waals surface area contributed by atoms with Gasteiger partial charge in [0.05, 0.1) is 27.2 Å². The number of H-pyrrole nitrogens is 2. The molecule has 0 radical (unpaired) electrons. The van der Waals surface area contributed by atoms with Gasteiger partial charge in [-0.1, -0.05) is 12.1 Å². The van der Waals surface area contributed by atoms with E-state index in [1.54, 1.807) is 54.8 Å². The van der Waals surface area contributed by atoms with Crippen LogP contribution in [0.3, 0.4) is 0 Å². The SMILES string of the molecule is O=c1[nH]c2ccc(N=CC=Cc3ccccc3[N+](=O)[O-])cc2[nH]1. The number of benzene rings is 2. The molecule has 0 unspecified atom stereocenters. The van der Waals surface area contributed by atoms with Crippen LogP contribution in [0.25, 0.3) is 17.1 Å². The number of hydrogen-bond donors (Lipinski definition) is 2. The van der Waals surface area contributed by atoms with Crippen molar-refractivity contribution in [3.05, 3.63) is 74.7 Å². The summed E-state index contributed by atoms with van der Waals surface area (Å²) in [6.45, 7) is 0. The molecule has 3 rings (SSSR count). The molecule has 114 valence electrons. The topological polar surface area (TPSA) is 104 Å². The first-order chi connectivity index (χ1) is 11.1. The van der Waals surface area contributed by atoms with Crippen LogP contribution in [0.1, 0.15) is 5.56 Å². The number of aromatic nitrogens is 2. The molecule has 2 N–H and O–H groups in total. The van der Waals surface area contributed by atoms with E-state index in [2.05, 4.69) is 15.0 Å². The second-order valence-corrected chi connectivity index (χ2v) is 4.76. The van der Waals surface area contributed by atoms with Crippen LogP contribution in [0.2, 0.25) is 0 Å². The second kappa shape index (κ2) is 6.10. The molecule has 0 saturated heterocycles. The Kier molecular flexibility index (Phi) is 3.84. The maximum atomic E-state index is 11.2. The number of rotatable bonds is 4. The Labute approximate surface area is 130 Å². The Morgan fingerprint density at radius 3 is 2.70 bits per heavy atom. The van der Waals surface area contributed by atoms with Crippen LogP contribution in [0.4, 0.5) is 11.4 Å². The molecular weight excluding hydrogens is 296 g/mol. The Hall–Kier alpha value is -3.48. The highest BCUT2D eigenvalue weighted by atomic mass is 16.6. The van der Waals surface area contributed by atoms with Crippen molar-refractivity contribution in [2.75, 3.05) is 0 Å². The van der Waals surface area contributed by atoms with Gasteiger partial charge in [-0.3, -0.25) is 15.1 Å². The molecule has 2 aromatic carbocycles. The third kappa shape index (κ3) is 3.24. The summed E-state index contributed by atoms with van der Waals surface area (Å²) in [7, 11) is 0. The van der Waals surface area contributed by atoms with Gasteiger partial charge in [-0.15, -0.1) is 0 Å². The standard InChI is InChI=1S/C16H12N4O3/c21-16-18-13-8-7-12(10-14(13)19-16)17-9-3-5-11-4-1-2-6-15(11)20(22)23/h1-10H,(H2,18,19,21). The van der Waals surface area contributed by atoms with Crippen LogP contribution >= 0.6 is 0 Å². The lowest BCUT2D eigenvalue weighted by Gasteiger charge is -1.95. The molecule has 1 aromatic heterocycles. The minimum absolute atomic E-state index is 0.0449. The lowest BCUT2D eigenvalue weighted by atomic mass is 10.1. The first-order valence-corrected chi connectivity index (χ1v) is 6.80. The molecule has 0 aliphatic carbocycles. The highest BCUT2D eigenvalue weighted by molar-refractivity contribution is 5.84. The summed E-state index contributed by atoms with van der Waals surface area (Å²) in [5.41, 5.74) is 2.34. The zero-order valence-electron chi connectivity index (χ0n) is 11.9. The van der Waals surface area contributed by atoms with Gasteiger partial charge in [-0.25, -0.2) is 4.79 Å². The van der Waals surface area contributed by atoms with Crippen LogP contribution in [-0.2, 0) is 0 Å². The monoisotopic (exact) mass is 308 g/mol. The number of imidazole rings is 1. The van der Waals surface area contributed by atoms with E-state index in [0.717, 1.165) is 0 Å². The van der Waals surface area contributed by atoms with Crippen molar-refractivity contribution >= 4 is 34.7 Å². The molecule has 0 aliphatic heterocycles. The van der Waals surface area contributed by atoms with Crippen molar-refractivity contribution in [2.45, 2.75) is 0 Å². The first-order valence-electron chi connectivity index (χ1n) is 6.80. The molecule has 0 bridgehead atoms. The average molecular weight is 308 g/mol. The molecule has 1 heterocycles. The summed E-state index contributed by atoms with van der Waals surface area (Å²) in [5.74, 6) is 0. The summed E-state index contributed by atoms with van der Waals surface area (Å²) in [4.78, 5) is 31.2. The largest absolute Gasteiger partial charge is 0.323 e. The van der Waals surface area contributed by atoms with E-state index < -0.39 is 4.92 Å². The van der Waals surface area contributed by atoms with Gasteiger partial charge in [-0.05, 0) is 36.4 Å². The zero-order chi connectivity index (χ0) is 16.2. The molecule has 23 heavy (non-hydrogen) atoms. The van der Waals surface area contributed by atoms with Crippen molar-refractivity contribution in [3.63, 3.8) is 0 Å². The number of nitrogens with zero attached hydrogens (tertiary/aromatic N) is 2. The number of aromatic amines is 2. The van der Waals surface area contributed by atoms with E-state index in [0.29, 0.717) is 22.3 Å². The third-order valence-electron chi connectivity index (χ3n) is 3.22. The van der Waals surface area contributed by atoms with Crippen molar-refractivity contribution < 1.29 is 4.92 Å². The summed E-state index contributed by atoms with van der Waals surface area (Å²) in [6, 6.07) is 11.7. The lowest BCUT2D eigenvalue weighted by molar-refractivity contribution is -0.385. The Balaban J connectivity index is 1.80. The van der Waals surface area contributed by atoms with Crippen molar-refractivity contribution in [1.29, 1.82) is 0 Å². The number of allylic oxidation sites excluding steroid dienone is 1. The van der Waals surface area contributed by atoms with Gasteiger partial charge in [0.2, 0.25) is 0 Å². The summed E-state index contributed by atoms with van der Waals surface area (Å²) in [5, 5.41) is 10.9. The van der Waals surface area contributed by atoms with Gasteiger partial charge < -0.3 is 9.97 Å². The Bertz CT molecular complexity index is 982. The molecule has 3 aromatic rings. The third-order valence-corrected chi connectivity index (χ3v) is 3.22. The normalized spacial score (nSPS) is 11.7. The molecule has 0 amide bonds. The van der Waals surface area contributed by atoms with E-state index in [-0.39, 0.29) is 11.4 Å². The molecule has 7 nitrogen and oxygen atoms in total. The molecular formula is C16H12N4O3. The van der Waals surface area contributed by atoms with Gasteiger partial charge in [-0.2, -0.15) is 0 Å². The van der Waals surface area contributed by atoms with Crippen LogP contribution in [0.15, 0.2) is 58.3 Å². The van der Waals surface area contributed by atoms with Gasteiger partial charge in [0.1, 0.15) is 0 Å². The predicted molar refractivity (Wildman–Crippen MR) is 89.2 cm³/mol. The van der Waals surface area contributed by atoms with E-state index in [1.165, 1.54) is 6.07 Å². The fourth-order valence-electron chi connectivity index (χ4n) is 2.17. The number of nitrogens with one attached hydrogen (secondary N) is 2. The second-order valence-electron chi connectivity index (χ2n) is 4.76. The van der Waals surface area contributed by atoms with E-state index >= 15 is 0 Å². The summed E-state index contributed by atoms with van der Waals surface area (Å²) >= 11 is 0. The summed E-state index contributed by atoms with van der Waals surface area (Å²) < 4.78 is 0. The fraction of sp³-hybridized carbons (Fsp3) is 0. The molecule has 7 heteroatoms. The van der Waals surface area contributed by atoms with Crippen LogP contribution in [0, 0.1) is 10.1 Å². The van der Waals surface area contributed by atoms with E-state index in [1.807, 2.05) is 0 Å². The minimum Gasteiger partial charge on any atom is -0.306 e. The zero-order valence-corrected chi connectivity index (χ0v) is 11.9. The highest BCUT2D eigenvalue weighted by Crippen LogP contribution is 2.19. The number of para-hydroxylation sites is 1. The number of nitro benzene ring substituents is 1. The van der Waals surface area contributed by atoms with Crippen LogP contribution < -0.4 is 5.69 Å². The fourth-order valence-corrected chi connectivity index (χ4v) is 2.17. The van der Waals surface area contributed by atoms with Gasteiger partial charge >= 0.3 is 5.69 Å². The minimum atomic E-state index is -0.424. The molecule has 0 aliphatic rings. The van der Waals surface area contributed by atoms with Crippen LogP contribution in [0.5, 0.6) is 0 Å². The maximum absolute atomic E-state index is 11.2. The number of aliphatic imine (C=N–C) groups is 1. The van der Waals surface area contributed by atoms with Crippen LogP contribution in [-0.4, -0.2) is 21.1 Å². The quantitative estimate of drug-likeness (QED) is 0.439. The molecule has 0 spiro atoms. The first kappa shape index (κ1) is 14.5. The predicted octanol–water partition coefficient (Wildman–Crippen LogP) is 3.18. The Morgan fingerprint density at radius 2 is 1.87 bits per heavy atom. The number of fused-ring (bicyclic) bond motifs is 1. The Morgan fingerprint density at radius 1 is 1.09 bits per heavy atom. The van der Waals surface area contributed by atoms with Crippen molar-refractivity contribution in [3.8, 4) is 0 Å². The molecule has 0 atom stereocenters. The van der Waals surface area contributed by atoms with E-state index in [9.17, 15) is 14.9 Å². The van der Waals surface area contributed by atoms with E-state index in [4.69, 9.17) is 0 Å². The van der Waals surface area contributed by atoms with Gasteiger partial charge in [0, 0.05) is 12.3 Å². The smallest absolute Gasteiger partial charge is 0.306 e. The maximum Gasteiger partial charge on any atom is 0.323 e. The molecule has 0 saturated carbocycles.